The van der Waals surface area contributed by atoms with E-state index in [1.165, 1.54) is 11.8 Å². The molecule has 9 heteroatoms. The molecule has 1 fully saturated rings. The summed E-state index contributed by atoms with van der Waals surface area (Å²) in [5, 5.41) is 7.98. The molecule has 0 radical (unpaired) electrons. The Kier molecular flexibility index (Phi) is 6.88. The Morgan fingerprint density at radius 1 is 1.39 bits per heavy atom. The smallest absolute Gasteiger partial charge is 0.211 e. The van der Waals surface area contributed by atoms with Crippen LogP contribution in [0.1, 0.15) is 24.1 Å². The van der Waals surface area contributed by atoms with Gasteiger partial charge in [0, 0.05) is 52.4 Å². The molecular weight excluding hydrogens is 338 g/mol. The van der Waals surface area contributed by atoms with Crippen LogP contribution in [-0.4, -0.2) is 62.0 Å². The molecule has 1 atom stereocenters. The monoisotopic (exact) mass is 365 g/mol. The molecule has 7 nitrogen and oxygen atoms in total. The number of rotatable bonds is 5. The third-order valence-corrected chi connectivity index (χ3v) is 5.43. The van der Waals surface area contributed by atoms with Gasteiger partial charge in [0.05, 0.1) is 11.9 Å². The molecule has 23 heavy (non-hydrogen) atoms. The van der Waals surface area contributed by atoms with Gasteiger partial charge >= 0.3 is 0 Å². The van der Waals surface area contributed by atoms with E-state index in [0.29, 0.717) is 19.6 Å². The topological polar surface area (TPSA) is 70.5 Å². The van der Waals surface area contributed by atoms with Crippen molar-refractivity contribution in [2.75, 3.05) is 38.3 Å². The Hall–Kier alpha value is -0.830. The lowest BCUT2D eigenvalue weighted by molar-refractivity contribution is 0.284. The minimum absolute atomic E-state index is 0. The van der Waals surface area contributed by atoms with E-state index in [1.54, 1.807) is 4.31 Å². The van der Waals surface area contributed by atoms with Crippen molar-refractivity contribution in [3.05, 3.63) is 11.3 Å². The molecule has 0 bridgehead atoms. The number of sulfonamides is 1. The summed E-state index contributed by atoms with van der Waals surface area (Å²) in [7, 11) is 2.86. The maximum atomic E-state index is 11.7. The van der Waals surface area contributed by atoms with Crippen LogP contribution in [-0.2, 0) is 23.6 Å². The fourth-order valence-corrected chi connectivity index (χ4v) is 4.02. The van der Waals surface area contributed by atoms with Crippen molar-refractivity contribution in [2.24, 2.45) is 7.05 Å². The van der Waals surface area contributed by atoms with Crippen LogP contribution >= 0.6 is 12.4 Å². The highest BCUT2D eigenvalue weighted by molar-refractivity contribution is 7.88. The van der Waals surface area contributed by atoms with Gasteiger partial charge in [-0.05, 0) is 19.8 Å². The molecule has 2 rings (SSSR count). The maximum absolute atomic E-state index is 11.7. The van der Waals surface area contributed by atoms with Crippen LogP contribution < -0.4 is 10.2 Å². The van der Waals surface area contributed by atoms with E-state index >= 15 is 0 Å². The molecule has 1 N–H and O–H groups in total. The summed E-state index contributed by atoms with van der Waals surface area (Å²) < 4.78 is 26.8. The van der Waals surface area contributed by atoms with Gasteiger partial charge < -0.3 is 10.2 Å². The first-order valence-corrected chi connectivity index (χ1v) is 9.43. The van der Waals surface area contributed by atoms with Gasteiger partial charge in [-0.15, -0.1) is 12.4 Å². The lowest BCUT2D eigenvalue weighted by Gasteiger charge is -2.31. The van der Waals surface area contributed by atoms with E-state index in [2.05, 4.69) is 15.3 Å². The summed E-state index contributed by atoms with van der Waals surface area (Å²) >= 11 is 0. The molecular formula is C14H28ClN5O2S. The second kappa shape index (κ2) is 7.83. The second-order valence-electron chi connectivity index (χ2n) is 6.25. The predicted octanol–water partition coefficient (Wildman–Crippen LogP) is 0.730. The van der Waals surface area contributed by atoms with E-state index in [9.17, 15) is 8.42 Å². The molecule has 0 aromatic carbocycles. The number of nitrogens with zero attached hydrogens (tertiary/aromatic N) is 4. The van der Waals surface area contributed by atoms with Crippen molar-refractivity contribution in [2.45, 2.75) is 32.4 Å². The van der Waals surface area contributed by atoms with Crippen LogP contribution in [0.5, 0.6) is 0 Å². The summed E-state index contributed by atoms with van der Waals surface area (Å²) in [6, 6.07) is 0.193. The summed E-state index contributed by atoms with van der Waals surface area (Å²) in [5.74, 6) is 1.08. The van der Waals surface area contributed by atoms with Gasteiger partial charge in [0.15, 0.2) is 0 Å². The zero-order chi connectivity index (χ0) is 16.5. The van der Waals surface area contributed by atoms with Gasteiger partial charge in [0.25, 0.3) is 0 Å². The van der Waals surface area contributed by atoms with Crippen LogP contribution in [0.2, 0.25) is 0 Å². The predicted molar refractivity (Wildman–Crippen MR) is 95.8 cm³/mol. The molecule has 1 aliphatic rings. The Balaban J connectivity index is 0.00000264. The molecule has 0 spiro atoms. The van der Waals surface area contributed by atoms with Crippen LogP contribution in [0, 0.1) is 6.92 Å². The van der Waals surface area contributed by atoms with Crippen LogP contribution in [0.3, 0.4) is 0 Å². The maximum Gasteiger partial charge on any atom is 0.211 e. The Labute approximate surface area is 145 Å². The molecule has 134 valence electrons. The number of anilines is 1. The summed E-state index contributed by atoms with van der Waals surface area (Å²) in [6.07, 6.45) is 3.19. The van der Waals surface area contributed by atoms with Crippen LogP contribution in [0.4, 0.5) is 5.82 Å². The molecule has 0 amide bonds. The highest BCUT2D eigenvalue weighted by Gasteiger charge is 2.26. The molecule has 1 aliphatic heterocycles. The number of halogens is 1. The second-order valence-corrected chi connectivity index (χ2v) is 8.23. The Morgan fingerprint density at radius 3 is 2.61 bits per heavy atom. The van der Waals surface area contributed by atoms with Gasteiger partial charge in [0.1, 0.15) is 5.82 Å². The van der Waals surface area contributed by atoms with Gasteiger partial charge in [-0.25, -0.2) is 12.7 Å². The van der Waals surface area contributed by atoms with Gasteiger partial charge in [0.2, 0.25) is 10.0 Å². The average Bonchev–Trinajstić information content (AvgIpc) is 2.70. The standard InChI is InChI=1S/C14H27N5O2S.ClH/c1-11-13(14(17(2)3)18(4)16-11)9-15-12-7-6-8-19(10-12)22(5,20)21;/h12,15H,6-10H2,1-5H3;1H. The zero-order valence-corrected chi connectivity index (χ0v) is 16.2. The third kappa shape index (κ3) is 4.82. The van der Waals surface area contributed by atoms with E-state index < -0.39 is 10.0 Å². The molecule has 0 saturated carbocycles. The fourth-order valence-electron chi connectivity index (χ4n) is 3.11. The van der Waals surface area contributed by atoms with E-state index in [4.69, 9.17) is 0 Å². The lowest BCUT2D eigenvalue weighted by Crippen LogP contribution is -2.47. The molecule has 2 heterocycles. The number of hydrogen-bond donors (Lipinski definition) is 1. The molecule has 1 unspecified atom stereocenters. The summed E-state index contributed by atoms with van der Waals surface area (Å²) in [6.45, 7) is 3.89. The minimum atomic E-state index is -3.10. The van der Waals surface area contributed by atoms with Crippen molar-refractivity contribution in [1.29, 1.82) is 0 Å². The molecule has 0 aliphatic carbocycles. The highest BCUT2D eigenvalue weighted by Crippen LogP contribution is 2.22. The number of piperidine rings is 1. The molecule has 1 saturated heterocycles. The lowest BCUT2D eigenvalue weighted by atomic mass is 10.1. The van der Waals surface area contributed by atoms with Crippen molar-refractivity contribution in [3.8, 4) is 0 Å². The quantitative estimate of drug-likeness (QED) is 0.833. The van der Waals surface area contributed by atoms with Gasteiger partial charge in [-0.1, -0.05) is 0 Å². The normalized spacial score (nSPS) is 19.4. The average molecular weight is 366 g/mol. The van der Waals surface area contributed by atoms with Gasteiger partial charge in [-0.3, -0.25) is 4.68 Å². The number of aryl methyl sites for hydroxylation is 2. The highest BCUT2D eigenvalue weighted by atomic mass is 35.5. The van der Waals surface area contributed by atoms with Crippen molar-refractivity contribution >= 4 is 28.2 Å². The first kappa shape index (κ1) is 20.2. The van der Waals surface area contributed by atoms with E-state index in [0.717, 1.165) is 24.4 Å². The summed E-state index contributed by atoms with van der Waals surface area (Å²) in [5.41, 5.74) is 2.18. The van der Waals surface area contributed by atoms with Crippen LogP contribution in [0.25, 0.3) is 0 Å². The van der Waals surface area contributed by atoms with E-state index in [1.807, 2.05) is 32.7 Å². The Morgan fingerprint density at radius 2 is 2.04 bits per heavy atom. The number of aromatic nitrogens is 2. The Bertz CT molecular complexity index is 629. The van der Waals surface area contributed by atoms with Crippen molar-refractivity contribution in [1.82, 2.24) is 19.4 Å². The largest absolute Gasteiger partial charge is 0.363 e. The van der Waals surface area contributed by atoms with Crippen molar-refractivity contribution < 1.29 is 8.42 Å². The van der Waals surface area contributed by atoms with Crippen LogP contribution in [0.15, 0.2) is 0 Å². The minimum Gasteiger partial charge on any atom is -0.363 e. The molecule has 1 aromatic rings. The van der Waals surface area contributed by atoms with E-state index in [-0.39, 0.29) is 18.4 Å². The van der Waals surface area contributed by atoms with Gasteiger partial charge in [-0.2, -0.15) is 5.10 Å². The first-order chi connectivity index (χ1) is 10.2. The number of nitrogens with one attached hydrogen (secondary N) is 1. The molecule has 1 aromatic heterocycles. The third-order valence-electron chi connectivity index (χ3n) is 4.16. The first-order valence-electron chi connectivity index (χ1n) is 7.58. The fraction of sp³-hybridized carbons (Fsp3) is 0.786. The summed E-state index contributed by atoms with van der Waals surface area (Å²) in [4.78, 5) is 2.06. The zero-order valence-electron chi connectivity index (χ0n) is 14.5. The number of hydrogen-bond acceptors (Lipinski definition) is 5. The SMILES string of the molecule is Cc1nn(C)c(N(C)C)c1CNC1CCCN(S(C)(=O)=O)C1.Cl. The van der Waals surface area contributed by atoms with Crippen molar-refractivity contribution in [3.63, 3.8) is 0 Å².